The van der Waals surface area contributed by atoms with Gasteiger partial charge in [0.25, 0.3) is 0 Å². The Bertz CT molecular complexity index is 1210. The molecule has 0 radical (unpaired) electrons. The number of piperidine rings is 1. The summed E-state index contributed by atoms with van der Waals surface area (Å²) in [6.07, 6.45) is 5.86. The van der Waals surface area contributed by atoms with E-state index in [1.807, 2.05) is 62.6 Å². The zero-order valence-corrected chi connectivity index (χ0v) is 21.1. The Morgan fingerprint density at radius 1 is 0.886 bits per heavy atom. The molecule has 6 nitrogen and oxygen atoms in total. The number of imidazole rings is 1. The molecule has 2 heterocycles. The van der Waals surface area contributed by atoms with Crippen LogP contribution in [0.25, 0.3) is 0 Å². The van der Waals surface area contributed by atoms with Gasteiger partial charge in [-0.25, -0.2) is 4.79 Å². The summed E-state index contributed by atoms with van der Waals surface area (Å²) in [5, 5.41) is 0. The molecule has 0 atom stereocenters. The van der Waals surface area contributed by atoms with Crippen LogP contribution in [0, 0.1) is 13.8 Å². The summed E-state index contributed by atoms with van der Waals surface area (Å²) in [6.45, 7) is 10.5. The van der Waals surface area contributed by atoms with Crippen molar-refractivity contribution in [3.63, 3.8) is 0 Å². The van der Waals surface area contributed by atoms with Gasteiger partial charge < -0.3 is 4.98 Å². The lowest BCUT2D eigenvalue weighted by atomic mass is 10.00. The lowest BCUT2D eigenvalue weighted by molar-refractivity contribution is 0.0817. The lowest BCUT2D eigenvalue weighted by Crippen LogP contribution is -2.37. The second kappa shape index (κ2) is 12.3. The summed E-state index contributed by atoms with van der Waals surface area (Å²) in [7, 11) is 0. The second-order valence-corrected chi connectivity index (χ2v) is 8.91. The number of hydrogen-bond donors (Lipinski definition) is 1. The van der Waals surface area contributed by atoms with Crippen LogP contribution in [0.15, 0.2) is 71.5 Å². The monoisotopic (exact) mass is 473 g/mol. The normalized spacial score (nSPS) is 14.5. The Morgan fingerprint density at radius 3 is 1.91 bits per heavy atom. The smallest absolute Gasteiger partial charge is 0.310 e. The van der Waals surface area contributed by atoms with Crippen LogP contribution in [0.2, 0.25) is 0 Å². The van der Waals surface area contributed by atoms with Crippen LogP contribution < -0.4 is 5.69 Å². The number of carbonyl (C=O) groups excluding carboxylic acids is 2. The van der Waals surface area contributed by atoms with Gasteiger partial charge in [-0.2, -0.15) is 0 Å². The number of aryl methyl sites for hydroxylation is 1. The Labute approximate surface area is 207 Å². The van der Waals surface area contributed by atoms with E-state index < -0.39 is 11.6 Å². The van der Waals surface area contributed by atoms with Crippen molar-refractivity contribution in [2.75, 3.05) is 13.1 Å². The van der Waals surface area contributed by atoms with Crippen LogP contribution in [0.4, 0.5) is 0 Å². The minimum Gasteiger partial charge on any atom is -0.310 e. The third kappa shape index (κ3) is 6.55. The molecule has 4 rings (SSSR count). The zero-order valence-electron chi connectivity index (χ0n) is 21.1. The van der Waals surface area contributed by atoms with Crippen molar-refractivity contribution in [3.8, 4) is 0 Å². The first kappa shape index (κ1) is 26.1. The van der Waals surface area contributed by atoms with Gasteiger partial charge in [0.2, 0.25) is 11.6 Å². The fourth-order valence-electron chi connectivity index (χ4n) is 4.29. The minimum atomic E-state index is -0.485. The van der Waals surface area contributed by atoms with Gasteiger partial charge >= 0.3 is 5.69 Å². The quantitative estimate of drug-likeness (QED) is 0.300. The standard InChI is InChI=1S/C25H27N3O3.C4H8/c1-17-18(2)28(25(31)26-17)22-12-14-27(15-13-22)16-19-8-10-21(11-9-19)24(30)23(29)20-6-4-3-5-7-20;1-3-4-2/h3-11,22H,12-16H2,1-2H3,(H,26,31);3-4H,1-2H3/b;4-3-. The van der Waals surface area contributed by atoms with Crippen molar-refractivity contribution < 1.29 is 9.59 Å². The van der Waals surface area contributed by atoms with Crippen LogP contribution in [-0.2, 0) is 6.54 Å². The predicted octanol–water partition coefficient (Wildman–Crippen LogP) is 5.28. The summed E-state index contributed by atoms with van der Waals surface area (Å²) < 4.78 is 1.90. The van der Waals surface area contributed by atoms with Gasteiger partial charge in [-0.15, -0.1) is 0 Å². The summed E-state index contributed by atoms with van der Waals surface area (Å²) in [6, 6.07) is 16.2. The van der Waals surface area contributed by atoms with Crippen LogP contribution in [0.5, 0.6) is 0 Å². The number of aromatic amines is 1. The molecule has 35 heavy (non-hydrogen) atoms. The highest BCUT2D eigenvalue weighted by atomic mass is 16.2. The van der Waals surface area contributed by atoms with Crippen molar-refractivity contribution in [3.05, 3.63) is 105 Å². The van der Waals surface area contributed by atoms with Gasteiger partial charge in [-0.05, 0) is 46.1 Å². The summed E-state index contributed by atoms with van der Waals surface area (Å²) in [5.74, 6) is -0.970. The summed E-state index contributed by atoms with van der Waals surface area (Å²) in [5.41, 5.74) is 3.87. The lowest BCUT2D eigenvalue weighted by Gasteiger charge is -2.32. The van der Waals surface area contributed by atoms with Gasteiger partial charge in [-0.1, -0.05) is 66.7 Å². The number of Topliss-reactive ketones (excluding diaryl/α,β-unsaturated/α-hetero) is 2. The number of aromatic nitrogens is 2. The average Bonchev–Trinajstić information content (AvgIpc) is 3.15. The number of carbonyl (C=O) groups is 2. The molecule has 0 amide bonds. The first-order chi connectivity index (χ1) is 16.8. The van der Waals surface area contributed by atoms with Crippen molar-refractivity contribution in [2.45, 2.75) is 53.1 Å². The molecule has 1 aromatic heterocycles. The minimum absolute atomic E-state index is 0.0150. The molecule has 1 saturated heterocycles. The third-order valence-electron chi connectivity index (χ3n) is 6.54. The van der Waals surface area contributed by atoms with Crippen LogP contribution in [0.3, 0.4) is 0 Å². The molecule has 1 aliphatic heterocycles. The molecule has 0 unspecified atom stereocenters. The van der Waals surface area contributed by atoms with E-state index in [4.69, 9.17) is 0 Å². The number of nitrogens with one attached hydrogen (secondary N) is 1. The van der Waals surface area contributed by atoms with E-state index in [1.54, 1.807) is 36.4 Å². The molecular weight excluding hydrogens is 438 g/mol. The molecule has 6 heteroatoms. The van der Waals surface area contributed by atoms with Crippen molar-refractivity contribution in [2.24, 2.45) is 0 Å². The highest BCUT2D eigenvalue weighted by Crippen LogP contribution is 2.24. The molecule has 1 fully saturated rings. The van der Waals surface area contributed by atoms with Gasteiger partial charge in [0.15, 0.2) is 0 Å². The van der Waals surface area contributed by atoms with Crippen molar-refractivity contribution in [1.29, 1.82) is 0 Å². The first-order valence-corrected chi connectivity index (χ1v) is 12.2. The highest BCUT2D eigenvalue weighted by molar-refractivity contribution is 6.49. The zero-order chi connectivity index (χ0) is 25.4. The topological polar surface area (TPSA) is 75.2 Å². The molecule has 184 valence electrons. The van der Waals surface area contributed by atoms with E-state index in [0.717, 1.165) is 49.4 Å². The van der Waals surface area contributed by atoms with E-state index >= 15 is 0 Å². The predicted molar refractivity (Wildman–Crippen MR) is 140 cm³/mol. The maximum atomic E-state index is 12.5. The number of likely N-dealkylation sites (tertiary alicyclic amines) is 1. The molecule has 1 aliphatic rings. The van der Waals surface area contributed by atoms with E-state index in [0.29, 0.717) is 11.1 Å². The maximum absolute atomic E-state index is 12.5. The maximum Gasteiger partial charge on any atom is 0.326 e. The average molecular weight is 474 g/mol. The molecule has 0 aliphatic carbocycles. The number of hydrogen-bond acceptors (Lipinski definition) is 4. The third-order valence-corrected chi connectivity index (χ3v) is 6.54. The second-order valence-electron chi connectivity index (χ2n) is 8.91. The molecule has 0 spiro atoms. The fraction of sp³-hybridized carbons (Fsp3) is 0.345. The Kier molecular flexibility index (Phi) is 9.15. The molecule has 1 N–H and O–H groups in total. The van der Waals surface area contributed by atoms with Crippen LogP contribution >= 0.6 is 0 Å². The Morgan fingerprint density at radius 2 is 1.43 bits per heavy atom. The van der Waals surface area contributed by atoms with Crippen LogP contribution in [0.1, 0.15) is 70.4 Å². The van der Waals surface area contributed by atoms with Gasteiger partial charge in [0.05, 0.1) is 0 Å². The SMILES string of the molecule is C/C=C\C.Cc1[nH]c(=O)n(C2CCN(Cc3ccc(C(=O)C(=O)c4ccccc4)cc3)CC2)c1C. The molecular formula is C29H35N3O3. The molecule has 3 aromatic rings. The molecule has 2 aromatic carbocycles. The number of rotatable bonds is 6. The first-order valence-electron chi connectivity index (χ1n) is 12.2. The summed E-state index contributed by atoms with van der Waals surface area (Å²) in [4.78, 5) is 42.3. The van der Waals surface area contributed by atoms with Gasteiger partial charge in [0, 0.05) is 48.2 Å². The number of allylic oxidation sites excluding steroid dienone is 2. The largest absolute Gasteiger partial charge is 0.326 e. The highest BCUT2D eigenvalue weighted by Gasteiger charge is 2.24. The number of nitrogens with zero attached hydrogens (tertiary/aromatic N) is 2. The van der Waals surface area contributed by atoms with Crippen LogP contribution in [-0.4, -0.2) is 39.1 Å². The Hall–Kier alpha value is -3.51. The van der Waals surface area contributed by atoms with E-state index in [2.05, 4.69) is 9.88 Å². The Balaban J connectivity index is 0.000000795. The van der Waals surface area contributed by atoms with Crippen molar-refractivity contribution >= 4 is 11.6 Å². The van der Waals surface area contributed by atoms with Crippen molar-refractivity contribution in [1.82, 2.24) is 14.5 Å². The number of benzene rings is 2. The van der Waals surface area contributed by atoms with E-state index in [1.165, 1.54) is 0 Å². The number of ketones is 2. The van der Waals surface area contributed by atoms with Gasteiger partial charge in [-0.3, -0.25) is 19.1 Å². The fourth-order valence-corrected chi connectivity index (χ4v) is 4.29. The molecule has 0 saturated carbocycles. The summed E-state index contributed by atoms with van der Waals surface area (Å²) >= 11 is 0. The van der Waals surface area contributed by atoms with E-state index in [-0.39, 0.29) is 11.7 Å². The number of H-pyrrole nitrogens is 1. The van der Waals surface area contributed by atoms with E-state index in [9.17, 15) is 14.4 Å². The van der Waals surface area contributed by atoms with Gasteiger partial charge in [0.1, 0.15) is 0 Å². The molecule has 0 bridgehead atoms.